The molecule has 1 aliphatic heterocycles. The van der Waals surface area contributed by atoms with Gasteiger partial charge in [-0.2, -0.15) is 0 Å². The highest BCUT2D eigenvalue weighted by Crippen LogP contribution is 2.47. The highest BCUT2D eigenvalue weighted by atomic mass is 16.6. The standard InChI is InChI=1S/C38H38N2O2/c1-6-39(7-2)30-22-20-29(21-23-30)38(34-18-11-9-16-31(34)37(41)42-38)25-33(28-15-13-14-26(4)24-28)36-27(5)40(8-3)35-19-12-10-17-32(35)36/h9-25H,6-8H2,1-5H3/b33-25+. The molecule has 6 rings (SSSR count). The summed E-state index contributed by atoms with van der Waals surface area (Å²) >= 11 is 0. The van der Waals surface area contributed by atoms with Crippen molar-refractivity contribution in [2.45, 2.75) is 46.8 Å². The highest BCUT2D eigenvalue weighted by molar-refractivity contribution is 6.01. The zero-order valence-corrected chi connectivity index (χ0v) is 25.1. The van der Waals surface area contributed by atoms with Crippen LogP contribution in [0.2, 0.25) is 0 Å². The van der Waals surface area contributed by atoms with Gasteiger partial charge in [-0.3, -0.25) is 0 Å². The number of para-hydroxylation sites is 1. The van der Waals surface area contributed by atoms with E-state index in [0.717, 1.165) is 53.1 Å². The third-order valence-corrected chi connectivity index (χ3v) is 8.72. The number of anilines is 1. The normalized spacial score (nSPS) is 16.5. The third kappa shape index (κ3) is 4.42. The van der Waals surface area contributed by atoms with Crippen LogP contribution in [0.5, 0.6) is 0 Å². The predicted octanol–water partition coefficient (Wildman–Crippen LogP) is 8.67. The van der Waals surface area contributed by atoms with E-state index < -0.39 is 5.60 Å². The first-order valence-electron chi connectivity index (χ1n) is 15.0. The summed E-state index contributed by atoms with van der Waals surface area (Å²) in [5, 5.41) is 1.19. The molecule has 4 aromatic carbocycles. The Kier molecular flexibility index (Phi) is 7.24. The molecule has 5 aromatic rings. The maximum absolute atomic E-state index is 13.5. The molecule has 0 fully saturated rings. The lowest BCUT2D eigenvalue weighted by Gasteiger charge is -2.29. The Morgan fingerprint density at radius 1 is 0.857 bits per heavy atom. The minimum absolute atomic E-state index is 0.300. The van der Waals surface area contributed by atoms with Gasteiger partial charge in [-0.15, -0.1) is 0 Å². The number of carbonyl (C=O) groups excluding carboxylic acids is 1. The number of aryl methyl sites for hydroxylation is 2. The Hall–Kier alpha value is -4.57. The molecule has 0 bridgehead atoms. The molecule has 42 heavy (non-hydrogen) atoms. The quantitative estimate of drug-likeness (QED) is 0.180. The molecule has 2 heterocycles. The van der Waals surface area contributed by atoms with Gasteiger partial charge in [-0.1, -0.05) is 78.4 Å². The van der Waals surface area contributed by atoms with Crippen molar-refractivity contribution in [2.24, 2.45) is 0 Å². The van der Waals surface area contributed by atoms with Crippen LogP contribution >= 0.6 is 0 Å². The fourth-order valence-electron chi connectivity index (χ4n) is 6.65. The fourth-order valence-corrected chi connectivity index (χ4v) is 6.65. The van der Waals surface area contributed by atoms with E-state index in [1.165, 1.54) is 22.2 Å². The Labute approximate surface area is 248 Å². The van der Waals surface area contributed by atoms with Crippen LogP contribution in [0.15, 0.2) is 103 Å². The van der Waals surface area contributed by atoms with E-state index in [0.29, 0.717) is 5.56 Å². The number of hydrogen-bond donors (Lipinski definition) is 0. The fraction of sp³-hybridized carbons (Fsp3) is 0.237. The second kappa shape index (κ2) is 11.0. The Morgan fingerprint density at radius 3 is 2.29 bits per heavy atom. The van der Waals surface area contributed by atoms with Crippen LogP contribution in [0.4, 0.5) is 5.69 Å². The summed E-state index contributed by atoms with van der Waals surface area (Å²) in [6, 6.07) is 33.5. The van der Waals surface area contributed by atoms with Gasteiger partial charge in [0, 0.05) is 58.6 Å². The molecule has 0 saturated heterocycles. The minimum Gasteiger partial charge on any atom is -0.441 e. The van der Waals surface area contributed by atoms with Crippen LogP contribution < -0.4 is 4.90 Å². The average Bonchev–Trinajstić information content (AvgIpc) is 3.47. The van der Waals surface area contributed by atoms with Gasteiger partial charge in [0.2, 0.25) is 0 Å². The Bertz CT molecular complexity index is 1810. The van der Waals surface area contributed by atoms with E-state index >= 15 is 0 Å². The molecule has 1 aliphatic rings. The van der Waals surface area contributed by atoms with Gasteiger partial charge in [0.05, 0.1) is 5.56 Å². The number of hydrogen-bond acceptors (Lipinski definition) is 3. The SMILES string of the molecule is CCN(CC)c1ccc(C2(/C=C(\c3cccc(C)c3)c3c(C)n(CC)c4ccccc34)OC(=O)c3ccccc32)cc1. The number of esters is 1. The smallest absolute Gasteiger partial charge is 0.340 e. The van der Waals surface area contributed by atoms with Crippen LogP contribution in [0.1, 0.15) is 64.6 Å². The zero-order valence-electron chi connectivity index (χ0n) is 25.1. The molecule has 4 heteroatoms. The molecule has 0 aliphatic carbocycles. The van der Waals surface area contributed by atoms with E-state index in [1.807, 2.05) is 24.3 Å². The van der Waals surface area contributed by atoms with Crippen molar-refractivity contribution in [3.63, 3.8) is 0 Å². The van der Waals surface area contributed by atoms with Crippen molar-refractivity contribution in [3.05, 3.63) is 142 Å². The number of fused-ring (bicyclic) bond motifs is 2. The number of carbonyl (C=O) groups is 1. The Balaban J connectivity index is 1.69. The molecule has 1 unspecified atom stereocenters. The number of nitrogens with zero attached hydrogens (tertiary/aromatic N) is 2. The molecule has 1 aromatic heterocycles. The monoisotopic (exact) mass is 554 g/mol. The van der Waals surface area contributed by atoms with Gasteiger partial charge in [-0.05, 0) is 76.1 Å². The van der Waals surface area contributed by atoms with E-state index in [2.05, 4.69) is 123 Å². The first kappa shape index (κ1) is 27.6. The van der Waals surface area contributed by atoms with E-state index in [-0.39, 0.29) is 5.97 Å². The molecule has 4 nitrogen and oxygen atoms in total. The maximum Gasteiger partial charge on any atom is 0.340 e. The molecule has 0 N–H and O–H groups in total. The van der Waals surface area contributed by atoms with Crippen LogP contribution in [0.3, 0.4) is 0 Å². The number of rotatable bonds is 8. The van der Waals surface area contributed by atoms with Crippen molar-refractivity contribution in [3.8, 4) is 0 Å². The summed E-state index contributed by atoms with van der Waals surface area (Å²) in [5.41, 5.74) is 9.35. The number of ether oxygens (including phenoxy) is 1. The summed E-state index contributed by atoms with van der Waals surface area (Å²) in [4.78, 5) is 15.8. The molecular weight excluding hydrogens is 516 g/mol. The average molecular weight is 555 g/mol. The van der Waals surface area contributed by atoms with Crippen molar-refractivity contribution in [2.75, 3.05) is 18.0 Å². The molecule has 1 atom stereocenters. The Morgan fingerprint density at radius 2 is 1.57 bits per heavy atom. The summed E-state index contributed by atoms with van der Waals surface area (Å²) in [7, 11) is 0. The van der Waals surface area contributed by atoms with Gasteiger partial charge >= 0.3 is 5.97 Å². The second-order valence-electron chi connectivity index (χ2n) is 11.0. The van der Waals surface area contributed by atoms with E-state index in [9.17, 15) is 4.79 Å². The summed E-state index contributed by atoms with van der Waals surface area (Å²) in [6.07, 6.45) is 2.20. The van der Waals surface area contributed by atoms with Crippen molar-refractivity contribution >= 4 is 28.1 Å². The molecule has 212 valence electrons. The van der Waals surface area contributed by atoms with Crippen molar-refractivity contribution in [1.82, 2.24) is 4.57 Å². The van der Waals surface area contributed by atoms with Crippen LogP contribution in [0.25, 0.3) is 16.5 Å². The number of cyclic esters (lactones) is 1. The molecule has 0 spiro atoms. The van der Waals surface area contributed by atoms with Crippen LogP contribution in [0, 0.1) is 13.8 Å². The van der Waals surface area contributed by atoms with Crippen molar-refractivity contribution in [1.29, 1.82) is 0 Å². The lowest BCUT2D eigenvalue weighted by atomic mass is 9.81. The first-order valence-corrected chi connectivity index (χ1v) is 15.0. The van der Waals surface area contributed by atoms with E-state index in [1.54, 1.807) is 0 Å². The number of aromatic nitrogens is 1. The van der Waals surface area contributed by atoms with Gasteiger partial charge in [0.15, 0.2) is 5.60 Å². The van der Waals surface area contributed by atoms with Gasteiger partial charge in [0.25, 0.3) is 0 Å². The van der Waals surface area contributed by atoms with E-state index in [4.69, 9.17) is 4.74 Å². The van der Waals surface area contributed by atoms with Gasteiger partial charge < -0.3 is 14.2 Å². The topological polar surface area (TPSA) is 34.5 Å². The summed E-state index contributed by atoms with van der Waals surface area (Å²) in [6.45, 7) is 13.6. The molecule has 0 amide bonds. The lowest BCUT2D eigenvalue weighted by Crippen LogP contribution is -2.27. The molecular formula is C38H38N2O2. The van der Waals surface area contributed by atoms with Gasteiger partial charge in [-0.25, -0.2) is 4.79 Å². The van der Waals surface area contributed by atoms with Crippen LogP contribution in [-0.2, 0) is 16.9 Å². The highest BCUT2D eigenvalue weighted by Gasteiger charge is 2.46. The maximum atomic E-state index is 13.5. The summed E-state index contributed by atoms with van der Waals surface area (Å²) < 4.78 is 8.88. The second-order valence-corrected chi connectivity index (χ2v) is 11.0. The molecule has 0 saturated carbocycles. The van der Waals surface area contributed by atoms with Gasteiger partial charge in [0.1, 0.15) is 0 Å². The van der Waals surface area contributed by atoms with Crippen LogP contribution in [-0.4, -0.2) is 23.6 Å². The van der Waals surface area contributed by atoms with Crippen molar-refractivity contribution < 1.29 is 9.53 Å². The third-order valence-electron chi connectivity index (χ3n) is 8.72. The lowest BCUT2D eigenvalue weighted by molar-refractivity contribution is 0.0276. The minimum atomic E-state index is -1.09. The number of benzene rings is 4. The summed E-state index contributed by atoms with van der Waals surface area (Å²) in [5.74, 6) is -0.300. The largest absolute Gasteiger partial charge is 0.441 e. The predicted molar refractivity (Wildman–Crippen MR) is 173 cm³/mol. The first-order chi connectivity index (χ1) is 20.4. The zero-order chi connectivity index (χ0) is 29.4. The molecule has 0 radical (unpaired) electrons.